The number of likely N-dealkylation sites (tertiary alicyclic amines) is 1. The molecule has 1 aromatic carbocycles. The average molecular weight is 324 g/mol. The summed E-state index contributed by atoms with van der Waals surface area (Å²) in [6.45, 7) is 2.05. The van der Waals surface area contributed by atoms with Crippen LogP contribution in [0.2, 0.25) is 0 Å². The monoisotopic (exact) mass is 324 g/mol. The van der Waals surface area contributed by atoms with Gasteiger partial charge < -0.3 is 10.2 Å². The van der Waals surface area contributed by atoms with E-state index < -0.39 is 0 Å². The van der Waals surface area contributed by atoms with Crippen molar-refractivity contribution in [2.45, 2.75) is 30.6 Å². The van der Waals surface area contributed by atoms with Gasteiger partial charge in [0.2, 0.25) is 11.8 Å². The number of thioether (sulfide) groups is 1. The third kappa shape index (κ3) is 5.33. The molecule has 2 amide bonds. The fourth-order valence-corrected chi connectivity index (χ4v) is 3.23. The van der Waals surface area contributed by atoms with Gasteiger partial charge in [-0.25, -0.2) is 4.39 Å². The van der Waals surface area contributed by atoms with Crippen molar-refractivity contribution in [3.8, 4) is 0 Å². The summed E-state index contributed by atoms with van der Waals surface area (Å²) in [6, 6.07) is 6.53. The van der Waals surface area contributed by atoms with Crippen LogP contribution in [0.1, 0.15) is 25.7 Å². The molecule has 0 radical (unpaired) electrons. The third-order valence-electron chi connectivity index (χ3n) is 3.54. The molecular formula is C16H21FN2O2S. The average Bonchev–Trinajstić information content (AvgIpc) is 3.03. The molecule has 0 unspecified atom stereocenters. The Morgan fingerprint density at radius 3 is 2.64 bits per heavy atom. The number of amides is 2. The van der Waals surface area contributed by atoms with Crippen LogP contribution in [0.5, 0.6) is 0 Å². The van der Waals surface area contributed by atoms with Gasteiger partial charge in [-0.1, -0.05) is 12.1 Å². The molecule has 4 nitrogen and oxygen atoms in total. The molecular weight excluding hydrogens is 303 g/mol. The van der Waals surface area contributed by atoms with Crippen LogP contribution in [-0.4, -0.2) is 42.1 Å². The summed E-state index contributed by atoms with van der Waals surface area (Å²) in [5.41, 5.74) is 0. The topological polar surface area (TPSA) is 49.4 Å². The molecule has 2 rings (SSSR count). The molecule has 1 aromatic rings. The lowest BCUT2D eigenvalue weighted by Gasteiger charge is -2.15. The van der Waals surface area contributed by atoms with Crippen molar-refractivity contribution in [3.05, 3.63) is 30.1 Å². The number of benzene rings is 1. The zero-order valence-corrected chi connectivity index (χ0v) is 13.3. The van der Waals surface area contributed by atoms with Gasteiger partial charge >= 0.3 is 0 Å². The molecule has 0 atom stereocenters. The first-order chi connectivity index (χ1) is 10.7. The summed E-state index contributed by atoms with van der Waals surface area (Å²) in [7, 11) is 0. The first kappa shape index (κ1) is 16.8. The van der Waals surface area contributed by atoms with Crippen LogP contribution in [0, 0.1) is 5.82 Å². The van der Waals surface area contributed by atoms with Crippen molar-refractivity contribution in [1.82, 2.24) is 10.2 Å². The van der Waals surface area contributed by atoms with Gasteiger partial charge in [0, 0.05) is 43.1 Å². The Morgan fingerprint density at radius 2 is 1.91 bits per heavy atom. The quantitative estimate of drug-likeness (QED) is 0.784. The van der Waals surface area contributed by atoms with Gasteiger partial charge in [-0.15, -0.1) is 11.8 Å². The number of hydrogen-bond donors (Lipinski definition) is 1. The molecule has 0 aromatic heterocycles. The molecule has 1 N–H and O–H groups in total. The predicted octanol–water partition coefficient (Wildman–Crippen LogP) is 2.44. The molecule has 0 saturated carbocycles. The molecule has 120 valence electrons. The van der Waals surface area contributed by atoms with E-state index in [0.717, 1.165) is 25.9 Å². The normalized spacial score (nSPS) is 14.1. The fraction of sp³-hybridized carbons (Fsp3) is 0.500. The lowest BCUT2D eigenvalue weighted by molar-refractivity contribution is -0.130. The molecule has 0 bridgehead atoms. The highest BCUT2D eigenvalue weighted by molar-refractivity contribution is 7.99. The van der Waals surface area contributed by atoms with Crippen LogP contribution in [0.15, 0.2) is 29.2 Å². The second kappa shape index (κ2) is 8.78. The minimum absolute atomic E-state index is 0.0990. The predicted molar refractivity (Wildman–Crippen MR) is 85.2 cm³/mol. The number of halogens is 1. The van der Waals surface area contributed by atoms with E-state index >= 15 is 0 Å². The van der Waals surface area contributed by atoms with Gasteiger partial charge in [-0.2, -0.15) is 0 Å². The first-order valence-corrected chi connectivity index (χ1v) is 8.57. The second-order valence-electron chi connectivity index (χ2n) is 5.22. The standard InChI is InChI=1S/C16H21FN2O2S/c17-13-5-1-2-6-14(13)22-12-8-15(20)18-9-7-16(21)19-10-3-4-11-19/h1-2,5-6H,3-4,7-12H2,(H,18,20). The first-order valence-electron chi connectivity index (χ1n) is 7.58. The van der Waals surface area contributed by atoms with Gasteiger partial charge in [-0.3, -0.25) is 9.59 Å². The van der Waals surface area contributed by atoms with E-state index in [2.05, 4.69) is 5.32 Å². The Kier molecular flexibility index (Phi) is 6.71. The van der Waals surface area contributed by atoms with Gasteiger partial charge in [0.05, 0.1) is 0 Å². The highest BCUT2D eigenvalue weighted by Gasteiger charge is 2.17. The van der Waals surface area contributed by atoms with E-state index in [1.807, 2.05) is 4.90 Å². The van der Waals surface area contributed by atoms with Crippen molar-refractivity contribution in [2.75, 3.05) is 25.4 Å². The smallest absolute Gasteiger partial charge is 0.224 e. The number of carbonyl (C=O) groups is 2. The van der Waals surface area contributed by atoms with Crippen LogP contribution in [0.25, 0.3) is 0 Å². The van der Waals surface area contributed by atoms with Gasteiger partial charge in [0.1, 0.15) is 5.82 Å². The lowest BCUT2D eigenvalue weighted by atomic mass is 10.3. The maximum absolute atomic E-state index is 13.4. The summed E-state index contributed by atoms with van der Waals surface area (Å²) in [5.74, 6) is 0.271. The maximum Gasteiger partial charge on any atom is 0.224 e. The van der Waals surface area contributed by atoms with E-state index in [4.69, 9.17) is 0 Å². The summed E-state index contributed by atoms with van der Waals surface area (Å²) >= 11 is 1.32. The van der Waals surface area contributed by atoms with Crippen LogP contribution < -0.4 is 5.32 Å². The minimum atomic E-state index is -0.260. The van der Waals surface area contributed by atoms with Crippen molar-refractivity contribution in [2.24, 2.45) is 0 Å². The van der Waals surface area contributed by atoms with E-state index in [1.165, 1.54) is 17.8 Å². The summed E-state index contributed by atoms with van der Waals surface area (Å²) in [4.78, 5) is 25.9. The molecule has 6 heteroatoms. The Labute approximate surface area is 134 Å². The highest BCUT2D eigenvalue weighted by atomic mass is 32.2. The van der Waals surface area contributed by atoms with Crippen molar-refractivity contribution in [1.29, 1.82) is 0 Å². The molecule has 0 aliphatic carbocycles. The maximum atomic E-state index is 13.4. The Hall–Kier alpha value is -1.56. The van der Waals surface area contributed by atoms with Gasteiger partial charge in [0.15, 0.2) is 0 Å². The number of hydrogen-bond acceptors (Lipinski definition) is 3. The van der Waals surface area contributed by atoms with E-state index in [-0.39, 0.29) is 17.6 Å². The number of nitrogens with one attached hydrogen (secondary N) is 1. The Bertz CT molecular complexity index is 519. The van der Waals surface area contributed by atoms with E-state index in [9.17, 15) is 14.0 Å². The number of nitrogens with zero attached hydrogens (tertiary/aromatic N) is 1. The SMILES string of the molecule is O=C(CCSc1ccccc1F)NCCC(=O)N1CCCC1. The Balaban J connectivity index is 1.58. The Morgan fingerprint density at radius 1 is 1.18 bits per heavy atom. The molecule has 0 spiro atoms. The number of rotatable bonds is 7. The second-order valence-corrected chi connectivity index (χ2v) is 6.35. The van der Waals surface area contributed by atoms with Crippen LogP contribution in [0.3, 0.4) is 0 Å². The third-order valence-corrected chi connectivity index (χ3v) is 4.59. The zero-order valence-electron chi connectivity index (χ0n) is 12.5. The number of carbonyl (C=O) groups excluding carboxylic acids is 2. The molecule has 1 aliphatic rings. The van der Waals surface area contributed by atoms with Crippen LogP contribution >= 0.6 is 11.8 Å². The lowest BCUT2D eigenvalue weighted by Crippen LogP contribution is -2.32. The van der Waals surface area contributed by atoms with E-state index in [1.54, 1.807) is 18.2 Å². The fourth-order valence-electron chi connectivity index (χ4n) is 2.34. The highest BCUT2D eigenvalue weighted by Crippen LogP contribution is 2.21. The largest absolute Gasteiger partial charge is 0.356 e. The van der Waals surface area contributed by atoms with Crippen molar-refractivity contribution < 1.29 is 14.0 Å². The summed E-state index contributed by atoms with van der Waals surface area (Å²) < 4.78 is 13.4. The summed E-state index contributed by atoms with van der Waals surface area (Å²) in [6.07, 6.45) is 2.82. The molecule has 1 saturated heterocycles. The van der Waals surface area contributed by atoms with Crippen molar-refractivity contribution in [3.63, 3.8) is 0 Å². The van der Waals surface area contributed by atoms with Gasteiger partial charge in [-0.05, 0) is 25.0 Å². The van der Waals surface area contributed by atoms with Crippen molar-refractivity contribution >= 4 is 23.6 Å². The van der Waals surface area contributed by atoms with Crippen LogP contribution in [-0.2, 0) is 9.59 Å². The minimum Gasteiger partial charge on any atom is -0.356 e. The molecule has 1 fully saturated rings. The molecule has 22 heavy (non-hydrogen) atoms. The molecule has 1 heterocycles. The molecule has 1 aliphatic heterocycles. The summed E-state index contributed by atoms with van der Waals surface area (Å²) in [5, 5.41) is 2.74. The van der Waals surface area contributed by atoms with E-state index in [0.29, 0.717) is 30.0 Å². The van der Waals surface area contributed by atoms with Crippen LogP contribution in [0.4, 0.5) is 4.39 Å². The van der Waals surface area contributed by atoms with Gasteiger partial charge in [0.25, 0.3) is 0 Å². The zero-order chi connectivity index (χ0) is 15.8.